The molecule has 1 N–H and O–H groups in total. The maximum absolute atomic E-state index is 14.3. The van der Waals surface area contributed by atoms with Crippen LogP contribution in [0.25, 0.3) is 5.78 Å². The van der Waals surface area contributed by atoms with Crippen molar-refractivity contribution in [1.29, 1.82) is 0 Å². The molecule has 0 radical (unpaired) electrons. The summed E-state index contributed by atoms with van der Waals surface area (Å²) in [5.74, 6) is 0.110. The molecule has 0 aliphatic carbocycles. The molecular formula is C24H23ClFN5OS. The molecule has 0 fully saturated rings. The number of hydrogen-bond donors (Lipinski definition) is 1. The number of carbonyl (C=O) groups is 1. The Hall–Kier alpha value is -2.97. The van der Waals surface area contributed by atoms with Crippen LogP contribution in [0.2, 0.25) is 5.02 Å². The van der Waals surface area contributed by atoms with Crippen molar-refractivity contribution in [2.75, 3.05) is 11.1 Å². The lowest BCUT2D eigenvalue weighted by Crippen LogP contribution is -2.14. The van der Waals surface area contributed by atoms with Crippen molar-refractivity contribution in [3.8, 4) is 0 Å². The summed E-state index contributed by atoms with van der Waals surface area (Å²) in [5, 5.41) is 8.20. The summed E-state index contributed by atoms with van der Waals surface area (Å²) in [7, 11) is 0. The number of aryl methyl sites for hydroxylation is 3. The van der Waals surface area contributed by atoms with Gasteiger partial charge in [-0.2, -0.15) is 4.98 Å². The number of nitrogens with one attached hydrogen (secondary N) is 1. The van der Waals surface area contributed by atoms with Gasteiger partial charge >= 0.3 is 0 Å². The summed E-state index contributed by atoms with van der Waals surface area (Å²) in [5.41, 5.74) is 4.76. The van der Waals surface area contributed by atoms with Crippen molar-refractivity contribution in [2.24, 2.45) is 0 Å². The lowest BCUT2D eigenvalue weighted by atomic mass is 10.0. The van der Waals surface area contributed by atoms with Gasteiger partial charge in [0.2, 0.25) is 11.1 Å². The third-order valence-corrected chi connectivity index (χ3v) is 6.61. The van der Waals surface area contributed by atoms with Crippen molar-refractivity contribution < 1.29 is 9.18 Å². The van der Waals surface area contributed by atoms with Crippen LogP contribution >= 0.6 is 23.4 Å². The molecule has 2 heterocycles. The first-order chi connectivity index (χ1) is 15.9. The molecule has 170 valence electrons. The molecule has 0 spiro atoms. The lowest BCUT2D eigenvalue weighted by molar-refractivity contribution is -0.113. The zero-order valence-corrected chi connectivity index (χ0v) is 20.1. The number of nitrogens with zero attached hydrogens (tertiary/aromatic N) is 4. The first-order valence-corrected chi connectivity index (χ1v) is 11.9. The Kier molecular flexibility index (Phi) is 6.95. The maximum Gasteiger partial charge on any atom is 0.253 e. The second-order valence-corrected chi connectivity index (χ2v) is 8.98. The van der Waals surface area contributed by atoms with Gasteiger partial charge in [0, 0.05) is 34.1 Å². The van der Waals surface area contributed by atoms with Crippen LogP contribution in [0.5, 0.6) is 0 Å². The predicted octanol–water partition coefficient (Wildman–Crippen LogP) is 5.42. The summed E-state index contributed by atoms with van der Waals surface area (Å²) >= 11 is 7.45. The van der Waals surface area contributed by atoms with Crippen molar-refractivity contribution in [3.63, 3.8) is 0 Å². The Morgan fingerprint density at radius 1 is 1.12 bits per heavy atom. The van der Waals surface area contributed by atoms with Crippen LogP contribution in [0.4, 0.5) is 10.1 Å². The fourth-order valence-corrected chi connectivity index (χ4v) is 4.38. The molecule has 0 atom stereocenters. The van der Waals surface area contributed by atoms with Gasteiger partial charge in [0.25, 0.3) is 5.78 Å². The first kappa shape index (κ1) is 23.2. The van der Waals surface area contributed by atoms with Gasteiger partial charge in [-0.25, -0.2) is 13.9 Å². The van der Waals surface area contributed by atoms with Gasteiger partial charge in [0.1, 0.15) is 5.82 Å². The molecule has 4 rings (SSSR count). The van der Waals surface area contributed by atoms with E-state index < -0.39 is 0 Å². The van der Waals surface area contributed by atoms with Crippen LogP contribution in [0, 0.1) is 19.7 Å². The van der Waals surface area contributed by atoms with Gasteiger partial charge in [-0.3, -0.25) is 4.79 Å². The second kappa shape index (κ2) is 9.89. The van der Waals surface area contributed by atoms with Crippen molar-refractivity contribution >= 4 is 40.7 Å². The molecule has 2 aromatic carbocycles. The highest BCUT2D eigenvalue weighted by molar-refractivity contribution is 7.99. The van der Waals surface area contributed by atoms with E-state index in [4.69, 9.17) is 11.6 Å². The fraction of sp³-hybridized carbons (Fsp3) is 0.250. The van der Waals surface area contributed by atoms with E-state index in [1.807, 2.05) is 38.1 Å². The van der Waals surface area contributed by atoms with E-state index >= 15 is 0 Å². The smallest absolute Gasteiger partial charge is 0.253 e. The van der Waals surface area contributed by atoms with Crippen molar-refractivity contribution in [3.05, 3.63) is 81.4 Å². The van der Waals surface area contributed by atoms with Gasteiger partial charge in [0.15, 0.2) is 0 Å². The Morgan fingerprint density at radius 2 is 1.88 bits per heavy atom. The highest BCUT2D eigenvalue weighted by Crippen LogP contribution is 2.26. The minimum absolute atomic E-state index is 0.140. The largest absolute Gasteiger partial charge is 0.325 e. The van der Waals surface area contributed by atoms with E-state index in [1.165, 1.54) is 23.4 Å². The standard InChI is InChI=1S/C24H23ClFN5OS/c1-4-16-8-10-17(11-9-16)28-22(32)13-33-24-29-23-27-14(2)18(15(3)31(23)30-24)12-19-20(25)6-5-7-21(19)26/h5-11H,4,12-13H2,1-3H3,(H,28,32). The Balaban J connectivity index is 1.49. The molecule has 0 unspecified atom stereocenters. The second-order valence-electron chi connectivity index (χ2n) is 7.63. The number of fused-ring (bicyclic) bond motifs is 1. The molecule has 33 heavy (non-hydrogen) atoms. The number of rotatable bonds is 7. The number of carbonyl (C=O) groups excluding carboxylic acids is 1. The number of aromatic nitrogens is 4. The van der Waals surface area contributed by atoms with Gasteiger partial charge < -0.3 is 5.32 Å². The van der Waals surface area contributed by atoms with E-state index in [0.717, 1.165) is 29.1 Å². The molecule has 0 aliphatic heterocycles. The molecule has 0 saturated heterocycles. The molecule has 0 aliphatic rings. The molecule has 0 bridgehead atoms. The van der Waals surface area contributed by atoms with Gasteiger partial charge in [0.05, 0.1) is 5.75 Å². The SMILES string of the molecule is CCc1ccc(NC(=O)CSc2nc3nc(C)c(Cc4c(F)cccc4Cl)c(C)n3n2)cc1. The van der Waals surface area contributed by atoms with Crippen LogP contribution in [0.1, 0.15) is 35.0 Å². The minimum atomic E-state index is -0.355. The van der Waals surface area contributed by atoms with Crippen LogP contribution in [0.15, 0.2) is 47.6 Å². The Morgan fingerprint density at radius 3 is 2.58 bits per heavy atom. The Bertz CT molecular complexity index is 1300. The lowest BCUT2D eigenvalue weighted by Gasteiger charge is -2.12. The van der Waals surface area contributed by atoms with Gasteiger partial charge in [-0.1, -0.05) is 48.5 Å². The van der Waals surface area contributed by atoms with E-state index in [2.05, 4.69) is 27.3 Å². The van der Waals surface area contributed by atoms with Crippen LogP contribution in [-0.4, -0.2) is 31.2 Å². The zero-order valence-electron chi connectivity index (χ0n) is 18.5. The number of hydrogen-bond acceptors (Lipinski definition) is 5. The highest BCUT2D eigenvalue weighted by atomic mass is 35.5. The number of amides is 1. The summed E-state index contributed by atoms with van der Waals surface area (Å²) in [4.78, 5) is 21.3. The van der Waals surface area contributed by atoms with E-state index in [0.29, 0.717) is 27.9 Å². The number of anilines is 1. The molecule has 2 aromatic heterocycles. The summed E-state index contributed by atoms with van der Waals surface area (Å²) < 4.78 is 15.9. The summed E-state index contributed by atoms with van der Waals surface area (Å²) in [6.07, 6.45) is 1.25. The van der Waals surface area contributed by atoms with E-state index in [1.54, 1.807) is 16.6 Å². The molecular weight excluding hydrogens is 461 g/mol. The minimum Gasteiger partial charge on any atom is -0.325 e. The van der Waals surface area contributed by atoms with Crippen LogP contribution in [0.3, 0.4) is 0 Å². The molecule has 6 nitrogen and oxygen atoms in total. The number of halogens is 2. The monoisotopic (exact) mass is 483 g/mol. The van der Waals surface area contributed by atoms with Gasteiger partial charge in [-0.15, -0.1) is 5.10 Å². The maximum atomic E-state index is 14.3. The van der Waals surface area contributed by atoms with Crippen molar-refractivity contribution in [1.82, 2.24) is 19.6 Å². The molecule has 1 amide bonds. The van der Waals surface area contributed by atoms with E-state index in [9.17, 15) is 9.18 Å². The average Bonchev–Trinajstić information content (AvgIpc) is 3.20. The zero-order chi connectivity index (χ0) is 23.5. The molecule has 0 saturated carbocycles. The van der Waals surface area contributed by atoms with Crippen LogP contribution < -0.4 is 5.32 Å². The third-order valence-electron chi connectivity index (χ3n) is 5.42. The fourth-order valence-electron chi connectivity index (χ4n) is 3.54. The number of thioether (sulfide) groups is 1. The van der Waals surface area contributed by atoms with E-state index in [-0.39, 0.29) is 17.5 Å². The van der Waals surface area contributed by atoms with Crippen molar-refractivity contribution in [2.45, 2.75) is 38.8 Å². The van der Waals surface area contributed by atoms with Crippen LogP contribution in [-0.2, 0) is 17.6 Å². The normalized spacial score (nSPS) is 11.2. The predicted molar refractivity (Wildman–Crippen MR) is 130 cm³/mol. The Labute approximate surface area is 200 Å². The quantitative estimate of drug-likeness (QED) is 0.355. The highest BCUT2D eigenvalue weighted by Gasteiger charge is 2.17. The molecule has 4 aromatic rings. The number of benzene rings is 2. The summed E-state index contributed by atoms with van der Waals surface area (Å²) in [6, 6.07) is 12.4. The summed E-state index contributed by atoms with van der Waals surface area (Å²) in [6.45, 7) is 5.83. The molecule has 9 heteroatoms. The average molecular weight is 484 g/mol. The third kappa shape index (κ3) is 5.17. The topological polar surface area (TPSA) is 72.2 Å². The first-order valence-electron chi connectivity index (χ1n) is 10.5. The van der Waals surface area contributed by atoms with Gasteiger partial charge in [-0.05, 0) is 55.7 Å².